The molecular weight excluding hydrogens is 476 g/mol. The second kappa shape index (κ2) is 9.93. The summed E-state index contributed by atoms with van der Waals surface area (Å²) < 4.78 is 10.2. The highest BCUT2D eigenvalue weighted by Gasteiger charge is 2.15. The molecule has 0 aliphatic rings. The molecule has 0 saturated heterocycles. The van der Waals surface area contributed by atoms with Gasteiger partial charge in [-0.3, -0.25) is 4.57 Å². The predicted octanol–water partition coefficient (Wildman–Crippen LogP) is 5.77. The standard InChI is InChI=1S/C29H28N8O/c1-4-38-29-31-25-15-22(26-17-36(18-30-26)19(2)3)13-14-27(25)37(29)16-20-9-11-21(12-10-20)23-7-5-6-8-24(23)28-32-34-35-33-28/h5-15,17-19H,4,16H2,1-3H3,(H,32,33,34,35). The molecule has 6 rings (SSSR count). The van der Waals surface area contributed by atoms with Crippen LogP contribution in [0.2, 0.25) is 0 Å². The van der Waals surface area contributed by atoms with Crippen LogP contribution in [0, 0.1) is 0 Å². The Hall–Kier alpha value is -4.79. The number of aromatic nitrogens is 8. The first-order valence-corrected chi connectivity index (χ1v) is 12.7. The lowest BCUT2D eigenvalue weighted by Gasteiger charge is -2.11. The van der Waals surface area contributed by atoms with E-state index in [1.54, 1.807) is 0 Å². The molecule has 0 aliphatic heterocycles. The summed E-state index contributed by atoms with van der Waals surface area (Å²) in [6.45, 7) is 7.44. The van der Waals surface area contributed by atoms with Crippen molar-refractivity contribution < 1.29 is 4.74 Å². The van der Waals surface area contributed by atoms with Crippen molar-refractivity contribution in [3.8, 4) is 39.8 Å². The number of imidazole rings is 2. The minimum Gasteiger partial charge on any atom is -0.465 e. The van der Waals surface area contributed by atoms with Crippen molar-refractivity contribution in [1.29, 1.82) is 0 Å². The molecule has 0 amide bonds. The van der Waals surface area contributed by atoms with E-state index in [1.807, 2.05) is 31.5 Å². The number of fused-ring (bicyclic) bond motifs is 1. The topological polar surface area (TPSA) is 99.3 Å². The number of nitrogens with one attached hydrogen (secondary N) is 1. The summed E-state index contributed by atoms with van der Waals surface area (Å²) in [5.74, 6) is 0.645. The first kappa shape index (κ1) is 23.6. The summed E-state index contributed by atoms with van der Waals surface area (Å²) in [6.07, 6.45) is 3.95. The molecule has 1 N–H and O–H groups in total. The van der Waals surface area contributed by atoms with Gasteiger partial charge in [0.15, 0.2) is 5.82 Å². The lowest BCUT2D eigenvalue weighted by molar-refractivity contribution is 0.301. The van der Waals surface area contributed by atoms with Gasteiger partial charge in [-0.05, 0) is 60.0 Å². The van der Waals surface area contributed by atoms with Gasteiger partial charge in [0, 0.05) is 23.4 Å². The highest BCUT2D eigenvalue weighted by atomic mass is 16.5. The first-order chi connectivity index (χ1) is 18.6. The minimum atomic E-state index is 0.364. The highest BCUT2D eigenvalue weighted by Crippen LogP contribution is 2.31. The Balaban J connectivity index is 1.31. The lowest BCUT2D eigenvalue weighted by Crippen LogP contribution is -2.05. The molecule has 0 saturated carbocycles. The Kier molecular flexibility index (Phi) is 6.17. The third-order valence-corrected chi connectivity index (χ3v) is 6.61. The second-order valence-electron chi connectivity index (χ2n) is 9.41. The summed E-state index contributed by atoms with van der Waals surface area (Å²) in [6, 6.07) is 23.9. The minimum absolute atomic E-state index is 0.364. The fourth-order valence-corrected chi connectivity index (χ4v) is 4.61. The quantitative estimate of drug-likeness (QED) is 0.282. The molecule has 9 nitrogen and oxygen atoms in total. The molecule has 38 heavy (non-hydrogen) atoms. The van der Waals surface area contributed by atoms with Crippen LogP contribution in [0.5, 0.6) is 6.01 Å². The number of benzene rings is 3. The molecule has 3 aromatic carbocycles. The largest absolute Gasteiger partial charge is 0.465 e. The van der Waals surface area contributed by atoms with E-state index in [0.717, 1.165) is 44.5 Å². The Morgan fingerprint density at radius 1 is 0.947 bits per heavy atom. The van der Waals surface area contributed by atoms with Crippen molar-refractivity contribution >= 4 is 11.0 Å². The van der Waals surface area contributed by atoms with Crippen LogP contribution >= 0.6 is 0 Å². The Morgan fingerprint density at radius 3 is 2.45 bits per heavy atom. The average Bonchev–Trinajstić information content (AvgIpc) is 3.70. The van der Waals surface area contributed by atoms with Crippen LogP contribution in [0.15, 0.2) is 79.3 Å². The van der Waals surface area contributed by atoms with E-state index in [-0.39, 0.29) is 0 Å². The Labute approximate surface area is 220 Å². The maximum atomic E-state index is 5.94. The Bertz CT molecular complexity index is 1680. The normalized spacial score (nSPS) is 11.5. The third kappa shape index (κ3) is 4.43. The molecule has 0 spiro atoms. The van der Waals surface area contributed by atoms with Gasteiger partial charge in [0.25, 0.3) is 6.01 Å². The molecule has 3 aromatic heterocycles. The van der Waals surface area contributed by atoms with Crippen molar-refractivity contribution in [1.82, 2.24) is 39.7 Å². The Morgan fingerprint density at radius 2 is 1.74 bits per heavy atom. The van der Waals surface area contributed by atoms with E-state index in [2.05, 4.69) is 103 Å². The van der Waals surface area contributed by atoms with Gasteiger partial charge in [-0.15, -0.1) is 5.10 Å². The number of tetrazole rings is 1. The summed E-state index contributed by atoms with van der Waals surface area (Å²) in [7, 11) is 0. The lowest BCUT2D eigenvalue weighted by atomic mass is 9.98. The van der Waals surface area contributed by atoms with E-state index in [9.17, 15) is 0 Å². The zero-order valence-electron chi connectivity index (χ0n) is 21.5. The van der Waals surface area contributed by atoms with E-state index < -0.39 is 0 Å². The van der Waals surface area contributed by atoms with Crippen LogP contribution in [0.4, 0.5) is 0 Å². The van der Waals surface area contributed by atoms with Gasteiger partial charge in [-0.25, -0.2) is 10.1 Å². The van der Waals surface area contributed by atoms with Crippen LogP contribution in [-0.4, -0.2) is 46.3 Å². The summed E-state index contributed by atoms with van der Waals surface area (Å²) in [5, 5.41) is 14.4. The smallest absolute Gasteiger partial charge is 0.297 e. The first-order valence-electron chi connectivity index (χ1n) is 12.7. The van der Waals surface area contributed by atoms with Gasteiger partial charge in [0.05, 0.1) is 36.2 Å². The highest BCUT2D eigenvalue weighted by molar-refractivity contribution is 5.83. The number of nitrogens with zero attached hydrogens (tertiary/aromatic N) is 7. The molecule has 6 aromatic rings. The molecule has 0 atom stereocenters. The van der Waals surface area contributed by atoms with Crippen molar-refractivity contribution in [2.45, 2.75) is 33.4 Å². The van der Waals surface area contributed by atoms with Crippen LogP contribution in [0.3, 0.4) is 0 Å². The maximum absolute atomic E-state index is 5.94. The fraction of sp³-hybridized carbons (Fsp3) is 0.207. The number of H-pyrrole nitrogens is 1. The van der Waals surface area contributed by atoms with Crippen LogP contribution in [-0.2, 0) is 6.54 Å². The van der Waals surface area contributed by atoms with Crippen molar-refractivity contribution in [2.75, 3.05) is 6.61 Å². The van der Waals surface area contributed by atoms with E-state index >= 15 is 0 Å². The average molecular weight is 505 g/mol. The zero-order valence-corrected chi connectivity index (χ0v) is 21.5. The number of hydrogen-bond acceptors (Lipinski definition) is 6. The number of ether oxygens (including phenoxy) is 1. The zero-order chi connectivity index (χ0) is 26.1. The summed E-state index contributed by atoms with van der Waals surface area (Å²) in [4.78, 5) is 9.40. The molecule has 9 heteroatoms. The molecular formula is C29H28N8O. The van der Waals surface area contributed by atoms with Gasteiger partial charge < -0.3 is 9.30 Å². The monoisotopic (exact) mass is 504 g/mol. The van der Waals surface area contributed by atoms with Gasteiger partial charge in [-0.2, -0.15) is 4.98 Å². The molecule has 0 unspecified atom stereocenters. The van der Waals surface area contributed by atoms with Crippen LogP contribution < -0.4 is 4.74 Å². The molecule has 0 bridgehead atoms. The maximum Gasteiger partial charge on any atom is 0.297 e. The number of rotatable bonds is 8. The summed E-state index contributed by atoms with van der Waals surface area (Å²) >= 11 is 0. The molecule has 0 aliphatic carbocycles. The number of aromatic amines is 1. The molecule has 0 radical (unpaired) electrons. The van der Waals surface area contributed by atoms with E-state index in [0.29, 0.717) is 31.0 Å². The SMILES string of the molecule is CCOc1nc2cc(-c3cn(C(C)C)cn3)ccc2n1Cc1ccc(-c2ccccc2-c2nnn[nH]2)cc1. The third-order valence-electron chi connectivity index (χ3n) is 6.61. The molecule has 190 valence electrons. The van der Waals surface area contributed by atoms with Crippen molar-refractivity contribution in [3.63, 3.8) is 0 Å². The van der Waals surface area contributed by atoms with Crippen molar-refractivity contribution in [3.05, 3.63) is 84.8 Å². The summed E-state index contributed by atoms with van der Waals surface area (Å²) in [5.41, 5.74) is 8.13. The molecule has 0 fully saturated rings. The predicted molar refractivity (Wildman–Crippen MR) is 147 cm³/mol. The van der Waals surface area contributed by atoms with Gasteiger partial charge in [0.2, 0.25) is 0 Å². The van der Waals surface area contributed by atoms with Crippen molar-refractivity contribution in [2.24, 2.45) is 0 Å². The van der Waals surface area contributed by atoms with Gasteiger partial charge >= 0.3 is 0 Å². The van der Waals surface area contributed by atoms with Gasteiger partial charge in [-0.1, -0.05) is 54.6 Å². The van der Waals surface area contributed by atoms with E-state index in [1.165, 1.54) is 0 Å². The van der Waals surface area contributed by atoms with Crippen LogP contribution in [0.1, 0.15) is 32.4 Å². The fourth-order valence-electron chi connectivity index (χ4n) is 4.61. The van der Waals surface area contributed by atoms with Crippen LogP contribution in [0.25, 0.3) is 44.8 Å². The van der Waals surface area contributed by atoms with E-state index in [4.69, 9.17) is 9.72 Å². The van der Waals surface area contributed by atoms with Gasteiger partial charge in [0.1, 0.15) is 0 Å². The second-order valence-corrected chi connectivity index (χ2v) is 9.41. The molecule has 3 heterocycles. The number of hydrogen-bond donors (Lipinski definition) is 1.